The van der Waals surface area contributed by atoms with Gasteiger partial charge in [0.15, 0.2) is 5.65 Å². The van der Waals surface area contributed by atoms with Gasteiger partial charge in [0, 0.05) is 42.3 Å². The second kappa shape index (κ2) is 8.45. The van der Waals surface area contributed by atoms with Crippen molar-refractivity contribution in [1.29, 1.82) is 0 Å². The fourth-order valence-electron chi connectivity index (χ4n) is 4.01. The Balaban J connectivity index is 1.43. The van der Waals surface area contributed by atoms with Crippen LogP contribution in [0.25, 0.3) is 11.2 Å². The highest BCUT2D eigenvalue weighted by Gasteiger charge is 2.28. The summed E-state index contributed by atoms with van der Waals surface area (Å²) in [6, 6.07) is 12.2. The molecule has 0 aliphatic carbocycles. The summed E-state index contributed by atoms with van der Waals surface area (Å²) in [6.07, 6.45) is 5.71. The summed E-state index contributed by atoms with van der Waals surface area (Å²) >= 11 is 1.67. The number of amides is 2. The highest BCUT2D eigenvalue weighted by atomic mass is 32.2. The normalized spacial score (nSPS) is 16.7. The number of hydrogen-bond acceptors (Lipinski definition) is 4. The monoisotopic (exact) mass is 409 g/mol. The molecule has 2 amide bonds. The van der Waals surface area contributed by atoms with Crippen LogP contribution in [0.1, 0.15) is 32.1 Å². The smallest absolute Gasteiger partial charge is 0.321 e. The summed E-state index contributed by atoms with van der Waals surface area (Å²) in [7, 11) is 0. The molecule has 1 aliphatic heterocycles. The van der Waals surface area contributed by atoms with E-state index in [2.05, 4.69) is 28.7 Å². The van der Waals surface area contributed by atoms with Crippen molar-refractivity contribution < 1.29 is 4.79 Å². The number of benzene rings is 1. The number of urea groups is 1. The molecule has 7 heteroatoms. The van der Waals surface area contributed by atoms with E-state index in [1.54, 1.807) is 11.8 Å². The largest absolute Gasteiger partial charge is 0.324 e. The van der Waals surface area contributed by atoms with Crippen LogP contribution < -0.4 is 5.32 Å². The second-order valence-electron chi connectivity index (χ2n) is 7.80. The van der Waals surface area contributed by atoms with E-state index in [0.29, 0.717) is 12.0 Å². The zero-order valence-corrected chi connectivity index (χ0v) is 17.9. The molecule has 2 aromatic heterocycles. The predicted molar refractivity (Wildman–Crippen MR) is 119 cm³/mol. The van der Waals surface area contributed by atoms with Crippen molar-refractivity contribution in [1.82, 2.24) is 19.4 Å². The maximum Gasteiger partial charge on any atom is 0.321 e. The van der Waals surface area contributed by atoms with Crippen LogP contribution in [0.5, 0.6) is 0 Å². The number of imidazole rings is 1. The van der Waals surface area contributed by atoms with Gasteiger partial charge in [-0.1, -0.05) is 6.07 Å². The summed E-state index contributed by atoms with van der Waals surface area (Å²) in [5.41, 5.74) is 2.73. The Hall–Kier alpha value is -2.54. The van der Waals surface area contributed by atoms with E-state index in [4.69, 9.17) is 4.98 Å². The Kier molecular flexibility index (Phi) is 5.76. The average Bonchev–Trinajstić information content (AvgIpc) is 3.32. The highest BCUT2D eigenvalue weighted by molar-refractivity contribution is 7.98. The third-order valence-corrected chi connectivity index (χ3v) is 6.13. The fourth-order valence-corrected chi connectivity index (χ4v) is 4.47. The Morgan fingerprint density at radius 2 is 2.17 bits per heavy atom. The van der Waals surface area contributed by atoms with Crippen molar-refractivity contribution >= 4 is 34.6 Å². The maximum atomic E-state index is 12.7. The van der Waals surface area contributed by atoms with Crippen LogP contribution in [0.15, 0.2) is 47.5 Å². The molecule has 0 saturated carbocycles. The zero-order chi connectivity index (χ0) is 20.4. The van der Waals surface area contributed by atoms with Gasteiger partial charge in [-0.3, -0.25) is 0 Å². The number of rotatable bonds is 5. The molecule has 4 rings (SSSR count). The molecule has 1 fully saturated rings. The van der Waals surface area contributed by atoms with Gasteiger partial charge in [0.2, 0.25) is 0 Å². The third-order valence-electron chi connectivity index (χ3n) is 5.40. The average molecular weight is 410 g/mol. The number of carbonyl (C=O) groups is 1. The lowest BCUT2D eigenvalue weighted by Gasteiger charge is -2.18. The SMILES string of the molecule is CSc1cccc(NC(=O)N2CCC(Cc3nc4cccnc4n3C(C)C)C2)c1. The Morgan fingerprint density at radius 3 is 2.97 bits per heavy atom. The third kappa shape index (κ3) is 4.24. The minimum atomic E-state index is -0.0233. The van der Waals surface area contributed by atoms with E-state index in [0.717, 1.165) is 53.5 Å². The van der Waals surface area contributed by atoms with Gasteiger partial charge in [-0.05, 0) is 62.8 Å². The lowest BCUT2D eigenvalue weighted by molar-refractivity contribution is 0.220. The van der Waals surface area contributed by atoms with Crippen LogP contribution in [0, 0.1) is 5.92 Å². The number of fused-ring (bicyclic) bond motifs is 1. The van der Waals surface area contributed by atoms with Crippen LogP contribution in [-0.4, -0.2) is 44.8 Å². The van der Waals surface area contributed by atoms with E-state index in [-0.39, 0.29) is 6.03 Å². The van der Waals surface area contributed by atoms with Gasteiger partial charge in [0.1, 0.15) is 11.3 Å². The number of pyridine rings is 1. The zero-order valence-electron chi connectivity index (χ0n) is 17.1. The number of likely N-dealkylation sites (tertiary alicyclic amines) is 1. The lowest BCUT2D eigenvalue weighted by Crippen LogP contribution is -2.33. The van der Waals surface area contributed by atoms with Crippen LogP contribution >= 0.6 is 11.8 Å². The molecule has 0 bridgehead atoms. The van der Waals surface area contributed by atoms with Crippen LogP contribution in [-0.2, 0) is 6.42 Å². The van der Waals surface area contributed by atoms with Crippen molar-refractivity contribution in [3.8, 4) is 0 Å². The number of nitrogens with one attached hydrogen (secondary N) is 1. The van der Waals surface area contributed by atoms with E-state index in [1.165, 1.54) is 0 Å². The molecule has 1 atom stereocenters. The number of aromatic nitrogens is 3. The molecule has 1 aliphatic rings. The Morgan fingerprint density at radius 1 is 1.31 bits per heavy atom. The van der Waals surface area contributed by atoms with E-state index in [9.17, 15) is 4.79 Å². The molecule has 1 N–H and O–H groups in total. The molecule has 152 valence electrons. The van der Waals surface area contributed by atoms with Crippen molar-refractivity contribution in [2.45, 2.75) is 37.6 Å². The molecule has 3 aromatic rings. The van der Waals surface area contributed by atoms with Gasteiger partial charge in [0.25, 0.3) is 0 Å². The van der Waals surface area contributed by atoms with E-state index in [1.807, 2.05) is 53.8 Å². The first-order chi connectivity index (χ1) is 14.0. The molecule has 0 spiro atoms. The van der Waals surface area contributed by atoms with Gasteiger partial charge in [0.05, 0.1) is 0 Å². The van der Waals surface area contributed by atoms with Crippen LogP contribution in [0.2, 0.25) is 0 Å². The second-order valence-corrected chi connectivity index (χ2v) is 8.68. The lowest BCUT2D eigenvalue weighted by atomic mass is 10.0. The highest BCUT2D eigenvalue weighted by Crippen LogP contribution is 2.26. The summed E-state index contributed by atoms with van der Waals surface area (Å²) < 4.78 is 2.23. The molecule has 3 heterocycles. The summed E-state index contributed by atoms with van der Waals surface area (Å²) in [5, 5.41) is 3.04. The topological polar surface area (TPSA) is 63.1 Å². The predicted octanol–water partition coefficient (Wildman–Crippen LogP) is 4.83. The fraction of sp³-hybridized carbons (Fsp3) is 0.409. The number of thioether (sulfide) groups is 1. The summed E-state index contributed by atoms with van der Waals surface area (Å²) in [4.78, 5) is 25.1. The molecule has 29 heavy (non-hydrogen) atoms. The Labute approximate surface area is 175 Å². The van der Waals surface area contributed by atoms with Gasteiger partial charge in [-0.25, -0.2) is 14.8 Å². The maximum absolute atomic E-state index is 12.7. The van der Waals surface area contributed by atoms with E-state index < -0.39 is 0 Å². The van der Waals surface area contributed by atoms with Crippen molar-refractivity contribution in [3.05, 3.63) is 48.4 Å². The number of carbonyl (C=O) groups excluding carboxylic acids is 1. The molecular weight excluding hydrogens is 382 g/mol. The first kappa shape index (κ1) is 19.8. The molecule has 1 unspecified atom stereocenters. The van der Waals surface area contributed by atoms with Gasteiger partial charge in [-0.2, -0.15) is 0 Å². The van der Waals surface area contributed by atoms with Crippen molar-refractivity contribution in [2.75, 3.05) is 24.7 Å². The minimum Gasteiger partial charge on any atom is -0.324 e. The van der Waals surface area contributed by atoms with Crippen LogP contribution in [0.4, 0.5) is 10.5 Å². The van der Waals surface area contributed by atoms with Crippen molar-refractivity contribution in [3.63, 3.8) is 0 Å². The first-order valence-electron chi connectivity index (χ1n) is 10.1. The number of anilines is 1. The number of nitrogens with zero attached hydrogens (tertiary/aromatic N) is 4. The quantitative estimate of drug-likeness (QED) is 0.613. The first-order valence-corrected chi connectivity index (χ1v) is 11.3. The van der Waals surface area contributed by atoms with Crippen molar-refractivity contribution in [2.24, 2.45) is 5.92 Å². The van der Waals surface area contributed by atoms with E-state index >= 15 is 0 Å². The molecule has 1 aromatic carbocycles. The van der Waals surface area contributed by atoms with Gasteiger partial charge < -0.3 is 14.8 Å². The van der Waals surface area contributed by atoms with Gasteiger partial charge in [-0.15, -0.1) is 11.8 Å². The number of hydrogen-bond donors (Lipinski definition) is 1. The molecule has 6 nitrogen and oxygen atoms in total. The Bertz CT molecular complexity index is 1020. The van der Waals surface area contributed by atoms with Gasteiger partial charge >= 0.3 is 6.03 Å². The minimum absolute atomic E-state index is 0.0233. The van der Waals surface area contributed by atoms with Crippen LogP contribution in [0.3, 0.4) is 0 Å². The summed E-state index contributed by atoms with van der Waals surface area (Å²) in [5.74, 6) is 1.47. The molecular formula is C22H27N5OS. The molecule has 1 saturated heterocycles. The summed E-state index contributed by atoms with van der Waals surface area (Å²) in [6.45, 7) is 5.86. The standard InChI is InChI=1S/C22H27N5OS/c1-15(2)27-20(25-19-8-5-10-23-21(19)27)12-16-9-11-26(14-16)22(28)24-17-6-4-7-18(13-17)29-3/h4-8,10,13,15-16H,9,11-12,14H2,1-3H3,(H,24,28). The molecule has 0 radical (unpaired) electrons.